The van der Waals surface area contributed by atoms with E-state index in [9.17, 15) is 13.2 Å². The Morgan fingerprint density at radius 1 is 0.955 bits per heavy atom. The van der Waals surface area contributed by atoms with E-state index in [-0.39, 0.29) is 24.5 Å². The molecule has 4 aromatic rings. The normalized spacial score (nSPS) is 25.8. The predicted molar refractivity (Wildman–Crippen MR) is 151 cm³/mol. The molecule has 2 aliphatic rings. The largest absolute Gasteiger partial charge is 0.382 e. The number of methoxy groups -OCH3 is 2. The van der Waals surface area contributed by atoms with Crippen LogP contribution in [0.2, 0.25) is 0 Å². The van der Waals surface area contributed by atoms with Gasteiger partial charge in [-0.25, -0.2) is 17.9 Å². The summed E-state index contributed by atoms with van der Waals surface area (Å²) in [7, 11) is 3.12. The zero-order valence-electron chi connectivity index (χ0n) is 24.1. The molecule has 44 heavy (non-hydrogen) atoms. The zero-order valence-corrected chi connectivity index (χ0v) is 24.1. The van der Waals surface area contributed by atoms with Crippen LogP contribution in [0.1, 0.15) is 23.5 Å². The van der Waals surface area contributed by atoms with Gasteiger partial charge in [0.15, 0.2) is 23.7 Å². The van der Waals surface area contributed by atoms with Crippen molar-refractivity contribution in [2.24, 2.45) is 0 Å². The van der Waals surface area contributed by atoms with Gasteiger partial charge in [0, 0.05) is 25.3 Å². The van der Waals surface area contributed by atoms with Crippen molar-refractivity contribution in [3.63, 3.8) is 0 Å². The molecule has 3 unspecified atom stereocenters. The van der Waals surface area contributed by atoms with Crippen LogP contribution in [-0.2, 0) is 35.0 Å². The molecule has 0 aliphatic carbocycles. The van der Waals surface area contributed by atoms with Crippen LogP contribution in [0.25, 0.3) is 11.3 Å². The molecule has 7 atom stereocenters. The molecule has 1 aromatic heterocycles. The van der Waals surface area contributed by atoms with Gasteiger partial charge in [-0.1, -0.05) is 65.9 Å². The molecule has 6 rings (SSSR count). The molecular formula is C32H32F3N3O6. The van der Waals surface area contributed by atoms with Crippen LogP contribution < -0.4 is 0 Å². The van der Waals surface area contributed by atoms with Crippen molar-refractivity contribution < 1.29 is 41.6 Å². The van der Waals surface area contributed by atoms with Gasteiger partial charge in [0.2, 0.25) is 0 Å². The first-order chi connectivity index (χ1) is 21.5. The van der Waals surface area contributed by atoms with E-state index < -0.39 is 60.3 Å². The Labute approximate surface area is 252 Å². The quantitative estimate of drug-likeness (QED) is 0.231. The van der Waals surface area contributed by atoms with Gasteiger partial charge in [0.1, 0.15) is 42.3 Å². The zero-order chi connectivity index (χ0) is 30.6. The van der Waals surface area contributed by atoms with Crippen molar-refractivity contribution in [1.82, 2.24) is 15.0 Å². The molecule has 0 spiro atoms. The Balaban J connectivity index is 1.35. The molecule has 9 nitrogen and oxygen atoms in total. The van der Waals surface area contributed by atoms with Crippen LogP contribution in [-0.4, -0.2) is 72.9 Å². The number of aromatic nitrogens is 3. The maximum Gasteiger partial charge on any atom is 0.194 e. The average Bonchev–Trinajstić information content (AvgIpc) is 3.55. The van der Waals surface area contributed by atoms with Gasteiger partial charge in [-0.3, -0.25) is 0 Å². The van der Waals surface area contributed by atoms with E-state index in [2.05, 4.69) is 10.3 Å². The third-order valence-electron chi connectivity index (χ3n) is 7.83. The molecule has 12 heteroatoms. The van der Waals surface area contributed by atoms with Gasteiger partial charge in [0.25, 0.3) is 0 Å². The van der Waals surface area contributed by atoms with Crippen molar-refractivity contribution in [1.29, 1.82) is 0 Å². The van der Waals surface area contributed by atoms with Crippen molar-refractivity contribution in [2.45, 2.75) is 49.5 Å². The van der Waals surface area contributed by atoms with E-state index in [1.54, 1.807) is 14.2 Å². The number of fused-ring (bicyclic) bond motifs is 1. The van der Waals surface area contributed by atoms with E-state index in [4.69, 9.17) is 28.4 Å². The number of halogens is 3. The summed E-state index contributed by atoms with van der Waals surface area (Å²) >= 11 is 0. The SMILES string of the molecule is COC[C@@H](OCc1ccccc1)[C@@H]1OC2COC(c3ccccc3)O[C@@H]2[C@H](n2cc(-c3cc(F)c(F)c(F)c3)nn2)C1OC. The van der Waals surface area contributed by atoms with E-state index in [1.165, 1.54) is 10.9 Å². The smallest absolute Gasteiger partial charge is 0.194 e. The molecule has 3 heterocycles. The number of hydrogen-bond acceptors (Lipinski definition) is 8. The summed E-state index contributed by atoms with van der Waals surface area (Å²) in [5.74, 6) is -4.21. The summed E-state index contributed by atoms with van der Waals surface area (Å²) in [5.41, 5.74) is 1.96. The second kappa shape index (κ2) is 13.6. The summed E-state index contributed by atoms with van der Waals surface area (Å²) in [6.07, 6.45) is -2.29. The van der Waals surface area contributed by atoms with Gasteiger partial charge in [-0.05, 0) is 17.7 Å². The van der Waals surface area contributed by atoms with Crippen LogP contribution in [0.15, 0.2) is 79.0 Å². The van der Waals surface area contributed by atoms with Gasteiger partial charge in [-0.2, -0.15) is 0 Å². The Hall–Kier alpha value is -3.65. The monoisotopic (exact) mass is 611 g/mol. The Bertz CT molecular complexity index is 1510. The first-order valence-corrected chi connectivity index (χ1v) is 14.2. The van der Waals surface area contributed by atoms with E-state index >= 15 is 0 Å². The molecule has 0 radical (unpaired) electrons. The summed E-state index contributed by atoms with van der Waals surface area (Å²) in [6.45, 7) is 0.705. The molecule has 0 bridgehead atoms. The minimum Gasteiger partial charge on any atom is -0.382 e. The van der Waals surface area contributed by atoms with Crippen LogP contribution in [0.3, 0.4) is 0 Å². The summed E-state index contributed by atoms with van der Waals surface area (Å²) in [5, 5.41) is 8.48. The topological polar surface area (TPSA) is 86.1 Å². The Morgan fingerprint density at radius 2 is 1.66 bits per heavy atom. The highest BCUT2D eigenvalue weighted by molar-refractivity contribution is 5.58. The lowest BCUT2D eigenvalue weighted by Crippen LogP contribution is -2.63. The molecule has 0 saturated carbocycles. The van der Waals surface area contributed by atoms with Crippen molar-refractivity contribution in [3.05, 3.63) is 108 Å². The molecule has 3 aromatic carbocycles. The first kappa shape index (κ1) is 30.4. The highest BCUT2D eigenvalue weighted by atomic mass is 19.2. The number of ether oxygens (including phenoxy) is 6. The van der Waals surface area contributed by atoms with Gasteiger partial charge < -0.3 is 28.4 Å². The standard InChI is InChI=1S/C32H32F3N3O6/c1-39-17-25(41-16-19-9-5-3-6-10-19)30-31(40-2)28(29-26(43-30)18-42-32(44-29)20-11-7-4-8-12-20)38-15-24(36-37-38)21-13-22(33)27(35)23(34)14-21/h3-15,25-26,28-32H,16-18H2,1-2H3/t25-,26?,28+,29+,30+,31?,32?/m1/s1. The van der Waals surface area contributed by atoms with Crippen LogP contribution in [0.5, 0.6) is 0 Å². The Kier molecular flexibility index (Phi) is 9.36. The molecule has 2 fully saturated rings. The van der Waals surface area contributed by atoms with E-state index in [0.717, 1.165) is 23.3 Å². The third kappa shape index (κ3) is 6.27. The van der Waals surface area contributed by atoms with Crippen LogP contribution in [0, 0.1) is 17.5 Å². The molecule has 0 amide bonds. The maximum absolute atomic E-state index is 14.1. The van der Waals surface area contributed by atoms with Crippen molar-refractivity contribution in [2.75, 3.05) is 27.4 Å². The molecule has 2 aliphatic heterocycles. The first-order valence-electron chi connectivity index (χ1n) is 14.2. The number of rotatable bonds is 10. The molecule has 232 valence electrons. The minimum atomic E-state index is -1.56. The van der Waals surface area contributed by atoms with Gasteiger partial charge in [0.05, 0.1) is 26.0 Å². The molecule has 2 saturated heterocycles. The van der Waals surface area contributed by atoms with Crippen molar-refractivity contribution >= 4 is 0 Å². The highest BCUT2D eigenvalue weighted by Crippen LogP contribution is 2.41. The second-order valence-electron chi connectivity index (χ2n) is 10.6. The fourth-order valence-electron chi connectivity index (χ4n) is 5.72. The van der Waals surface area contributed by atoms with Gasteiger partial charge in [-0.15, -0.1) is 5.10 Å². The molecule has 0 N–H and O–H groups in total. The maximum atomic E-state index is 14.1. The summed E-state index contributed by atoms with van der Waals surface area (Å²) in [4.78, 5) is 0. The van der Waals surface area contributed by atoms with Crippen LogP contribution >= 0.6 is 0 Å². The fourth-order valence-corrected chi connectivity index (χ4v) is 5.72. The lowest BCUT2D eigenvalue weighted by Gasteiger charge is -2.50. The summed E-state index contributed by atoms with van der Waals surface area (Å²) in [6, 6.07) is 20.3. The average molecular weight is 612 g/mol. The van der Waals surface area contributed by atoms with Crippen LogP contribution in [0.4, 0.5) is 13.2 Å². The Morgan fingerprint density at radius 3 is 2.34 bits per heavy atom. The fraction of sp³-hybridized carbons (Fsp3) is 0.375. The summed E-state index contributed by atoms with van der Waals surface area (Å²) < 4.78 is 80.4. The van der Waals surface area contributed by atoms with E-state index in [1.807, 2.05) is 60.7 Å². The number of nitrogens with zero attached hydrogens (tertiary/aromatic N) is 3. The highest BCUT2D eigenvalue weighted by Gasteiger charge is 2.53. The van der Waals surface area contributed by atoms with Gasteiger partial charge >= 0.3 is 0 Å². The third-order valence-corrected chi connectivity index (χ3v) is 7.83. The van der Waals surface area contributed by atoms with E-state index in [0.29, 0.717) is 6.61 Å². The lowest BCUT2D eigenvalue weighted by atomic mass is 9.89. The minimum absolute atomic E-state index is 0.0280. The lowest BCUT2D eigenvalue weighted by molar-refractivity contribution is -0.329. The van der Waals surface area contributed by atoms with Crippen molar-refractivity contribution in [3.8, 4) is 11.3 Å². The number of benzene rings is 3. The predicted octanol–water partition coefficient (Wildman–Crippen LogP) is 5.03. The molecular weight excluding hydrogens is 579 g/mol. The second-order valence-corrected chi connectivity index (χ2v) is 10.6. The number of hydrogen-bond donors (Lipinski definition) is 0.